The summed E-state index contributed by atoms with van der Waals surface area (Å²) < 4.78 is 5.18. The van der Waals surface area contributed by atoms with E-state index >= 15 is 0 Å². The molecule has 1 amide bonds. The molecule has 0 radical (unpaired) electrons. The van der Waals surface area contributed by atoms with Crippen molar-refractivity contribution in [3.8, 4) is 5.75 Å². The number of amides is 1. The Bertz CT molecular complexity index is 808. The summed E-state index contributed by atoms with van der Waals surface area (Å²) >= 11 is 1.66. The summed E-state index contributed by atoms with van der Waals surface area (Å²) in [6, 6.07) is 19.5. The van der Waals surface area contributed by atoms with Gasteiger partial charge in [-0.25, -0.2) is 0 Å². The maximum absolute atomic E-state index is 13.1. The van der Waals surface area contributed by atoms with Crippen LogP contribution in [0.25, 0.3) is 0 Å². The summed E-state index contributed by atoms with van der Waals surface area (Å²) in [5.41, 5.74) is 2.82. The fourth-order valence-electron chi connectivity index (χ4n) is 2.64. The molecule has 3 aromatic rings. The number of ether oxygens (including phenoxy) is 1. The normalized spacial score (nSPS) is 10.5. The lowest BCUT2D eigenvalue weighted by molar-refractivity contribution is 0.0985. The highest BCUT2D eigenvalue weighted by molar-refractivity contribution is 7.09. The Labute approximate surface area is 152 Å². The zero-order chi connectivity index (χ0) is 17.6. The van der Waals surface area contributed by atoms with E-state index in [4.69, 9.17) is 4.74 Å². The Morgan fingerprint density at radius 1 is 1.04 bits per heavy atom. The first-order valence-electron chi connectivity index (χ1n) is 8.28. The molecule has 0 saturated carbocycles. The zero-order valence-corrected chi connectivity index (χ0v) is 15.3. The molecule has 0 aliphatic rings. The Morgan fingerprint density at radius 2 is 1.76 bits per heavy atom. The van der Waals surface area contributed by atoms with Crippen molar-refractivity contribution in [2.75, 3.05) is 12.0 Å². The summed E-state index contributed by atoms with van der Waals surface area (Å²) in [4.78, 5) is 16.1. The fourth-order valence-corrected chi connectivity index (χ4v) is 3.33. The van der Waals surface area contributed by atoms with Crippen LogP contribution in [0.5, 0.6) is 5.75 Å². The average molecular weight is 351 g/mol. The predicted molar refractivity (Wildman–Crippen MR) is 104 cm³/mol. The van der Waals surface area contributed by atoms with Crippen LogP contribution in [0, 0.1) is 0 Å². The molecule has 0 aliphatic heterocycles. The third kappa shape index (κ3) is 4.09. The van der Waals surface area contributed by atoms with Crippen LogP contribution < -0.4 is 9.64 Å². The molecule has 128 valence electrons. The first-order valence-corrected chi connectivity index (χ1v) is 9.16. The monoisotopic (exact) mass is 351 g/mol. The molecule has 0 fully saturated rings. The van der Waals surface area contributed by atoms with Crippen LogP contribution in [0.2, 0.25) is 0 Å². The highest BCUT2D eigenvalue weighted by Crippen LogP contribution is 2.23. The summed E-state index contributed by atoms with van der Waals surface area (Å²) in [5, 5.41) is 2.03. The first-order chi connectivity index (χ1) is 12.2. The molecule has 4 heteroatoms. The Kier molecular flexibility index (Phi) is 5.51. The van der Waals surface area contributed by atoms with Crippen molar-refractivity contribution in [1.29, 1.82) is 0 Å². The smallest absolute Gasteiger partial charge is 0.258 e. The number of thiophene rings is 1. The second-order valence-electron chi connectivity index (χ2n) is 5.72. The van der Waals surface area contributed by atoms with E-state index in [-0.39, 0.29) is 5.91 Å². The van der Waals surface area contributed by atoms with Gasteiger partial charge in [-0.15, -0.1) is 11.3 Å². The van der Waals surface area contributed by atoms with Gasteiger partial charge in [-0.1, -0.05) is 25.1 Å². The number of nitrogens with zero attached hydrogens (tertiary/aromatic N) is 1. The van der Waals surface area contributed by atoms with E-state index in [1.54, 1.807) is 18.4 Å². The van der Waals surface area contributed by atoms with Gasteiger partial charge in [0.2, 0.25) is 0 Å². The van der Waals surface area contributed by atoms with E-state index in [0.29, 0.717) is 12.1 Å². The molecule has 0 spiro atoms. The van der Waals surface area contributed by atoms with Crippen LogP contribution in [0.4, 0.5) is 5.69 Å². The second kappa shape index (κ2) is 7.99. The summed E-state index contributed by atoms with van der Waals surface area (Å²) in [5.74, 6) is 0.731. The van der Waals surface area contributed by atoms with Gasteiger partial charge in [-0.2, -0.15) is 0 Å². The van der Waals surface area contributed by atoms with Crippen LogP contribution in [0.1, 0.15) is 27.7 Å². The van der Waals surface area contributed by atoms with Crippen molar-refractivity contribution < 1.29 is 9.53 Å². The minimum Gasteiger partial charge on any atom is -0.497 e. The molecule has 3 rings (SSSR count). The third-order valence-corrected chi connectivity index (χ3v) is 4.99. The molecule has 0 bridgehead atoms. The van der Waals surface area contributed by atoms with Crippen molar-refractivity contribution in [2.45, 2.75) is 19.9 Å². The number of carbonyl (C=O) groups excluding carboxylic acids is 1. The van der Waals surface area contributed by atoms with E-state index in [2.05, 4.69) is 25.1 Å². The van der Waals surface area contributed by atoms with Crippen LogP contribution in [-0.4, -0.2) is 13.0 Å². The maximum atomic E-state index is 13.1. The lowest BCUT2D eigenvalue weighted by Crippen LogP contribution is -2.30. The zero-order valence-electron chi connectivity index (χ0n) is 14.4. The van der Waals surface area contributed by atoms with Gasteiger partial charge < -0.3 is 9.64 Å². The van der Waals surface area contributed by atoms with Crippen LogP contribution in [0.15, 0.2) is 66.0 Å². The Balaban J connectivity index is 1.92. The van der Waals surface area contributed by atoms with Gasteiger partial charge in [0.15, 0.2) is 0 Å². The molecule has 25 heavy (non-hydrogen) atoms. The summed E-state index contributed by atoms with van der Waals surface area (Å²) in [6.45, 7) is 2.69. The second-order valence-corrected chi connectivity index (χ2v) is 6.75. The molecular formula is C21H21NO2S. The number of hydrogen-bond donors (Lipinski definition) is 0. The van der Waals surface area contributed by atoms with Crippen molar-refractivity contribution in [3.63, 3.8) is 0 Å². The minimum atomic E-state index is -0.0136. The van der Waals surface area contributed by atoms with Crippen LogP contribution in [0.3, 0.4) is 0 Å². The number of rotatable bonds is 6. The number of benzene rings is 2. The maximum Gasteiger partial charge on any atom is 0.258 e. The average Bonchev–Trinajstić information content (AvgIpc) is 3.19. The lowest BCUT2D eigenvalue weighted by Gasteiger charge is -2.23. The van der Waals surface area contributed by atoms with Gasteiger partial charge in [-0.05, 0) is 59.8 Å². The van der Waals surface area contributed by atoms with Gasteiger partial charge in [-0.3, -0.25) is 4.79 Å². The van der Waals surface area contributed by atoms with Crippen LogP contribution in [-0.2, 0) is 13.0 Å². The molecule has 0 aliphatic carbocycles. The van der Waals surface area contributed by atoms with Gasteiger partial charge in [0.1, 0.15) is 5.75 Å². The van der Waals surface area contributed by atoms with Gasteiger partial charge in [0.05, 0.1) is 13.7 Å². The van der Waals surface area contributed by atoms with Crippen molar-refractivity contribution in [3.05, 3.63) is 82.0 Å². The molecule has 0 saturated heterocycles. The van der Waals surface area contributed by atoms with Crippen molar-refractivity contribution in [1.82, 2.24) is 0 Å². The van der Waals surface area contributed by atoms with E-state index in [0.717, 1.165) is 22.7 Å². The fraction of sp³-hybridized carbons (Fsp3) is 0.190. The number of anilines is 1. The SMILES string of the molecule is CCc1ccc(N(Cc2cccs2)C(=O)c2ccc(OC)cc2)cc1. The lowest BCUT2D eigenvalue weighted by atomic mass is 10.1. The standard InChI is InChI=1S/C21H21NO2S/c1-3-16-6-10-18(11-7-16)22(15-20-5-4-14-25-20)21(23)17-8-12-19(24-2)13-9-17/h4-14H,3,15H2,1-2H3. The van der Waals surface area contributed by atoms with Crippen molar-refractivity contribution in [2.24, 2.45) is 0 Å². The number of carbonyl (C=O) groups is 1. The quantitative estimate of drug-likeness (QED) is 0.613. The largest absolute Gasteiger partial charge is 0.497 e. The highest BCUT2D eigenvalue weighted by Gasteiger charge is 2.18. The topological polar surface area (TPSA) is 29.5 Å². The molecule has 3 nitrogen and oxygen atoms in total. The minimum absolute atomic E-state index is 0.0136. The van der Waals surface area contributed by atoms with Crippen molar-refractivity contribution >= 4 is 22.9 Å². The molecule has 0 unspecified atom stereocenters. The van der Waals surface area contributed by atoms with E-state index in [1.807, 2.05) is 52.7 Å². The van der Waals surface area contributed by atoms with Gasteiger partial charge >= 0.3 is 0 Å². The summed E-state index contributed by atoms with van der Waals surface area (Å²) in [7, 11) is 1.62. The van der Waals surface area contributed by atoms with Crippen LogP contribution >= 0.6 is 11.3 Å². The summed E-state index contributed by atoms with van der Waals surface area (Å²) in [6.07, 6.45) is 0.984. The molecule has 1 aromatic heterocycles. The molecule has 1 heterocycles. The Hall–Kier alpha value is -2.59. The van der Waals surface area contributed by atoms with E-state index < -0.39 is 0 Å². The third-order valence-electron chi connectivity index (χ3n) is 4.13. The molecule has 0 N–H and O–H groups in total. The molecule has 0 atom stereocenters. The highest BCUT2D eigenvalue weighted by atomic mass is 32.1. The first kappa shape index (κ1) is 17.2. The number of hydrogen-bond acceptors (Lipinski definition) is 3. The van der Waals surface area contributed by atoms with E-state index in [1.165, 1.54) is 5.56 Å². The Morgan fingerprint density at radius 3 is 2.32 bits per heavy atom. The van der Waals surface area contributed by atoms with E-state index in [9.17, 15) is 4.79 Å². The molecular weight excluding hydrogens is 330 g/mol. The molecule has 2 aromatic carbocycles. The van der Waals surface area contributed by atoms with Gasteiger partial charge in [0.25, 0.3) is 5.91 Å². The number of methoxy groups -OCH3 is 1. The number of aryl methyl sites for hydroxylation is 1. The predicted octanol–water partition coefficient (Wildman–Crippen LogP) is 5.17. The van der Waals surface area contributed by atoms with Gasteiger partial charge in [0, 0.05) is 16.1 Å².